The maximum atomic E-state index is 12.9. The van der Waals surface area contributed by atoms with Crippen molar-refractivity contribution in [1.82, 2.24) is 5.32 Å². The average molecular weight is 299 g/mol. The van der Waals surface area contributed by atoms with E-state index >= 15 is 0 Å². The number of ether oxygens (including phenoxy) is 1. The van der Waals surface area contributed by atoms with Crippen LogP contribution in [0.1, 0.15) is 23.1 Å². The molecule has 1 N–H and O–H groups in total. The minimum Gasteiger partial charge on any atom is -0.496 e. The number of methoxy groups -OCH3 is 1. The van der Waals surface area contributed by atoms with Gasteiger partial charge in [0.05, 0.1) is 7.11 Å². The molecule has 0 fully saturated rings. The Balaban J connectivity index is 1.53. The fraction of sp³-hybridized carbons (Fsp3) is 0.368. The number of benzene rings is 2. The van der Waals surface area contributed by atoms with E-state index in [0.29, 0.717) is 6.04 Å². The molecule has 116 valence electrons. The first-order valence-electron chi connectivity index (χ1n) is 7.89. The van der Waals surface area contributed by atoms with Crippen LogP contribution in [-0.2, 0) is 19.3 Å². The van der Waals surface area contributed by atoms with E-state index in [1.54, 1.807) is 7.11 Å². The van der Waals surface area contributed by atoms with Crippen LogP contribution in [0.5, 0.6) is 5.75 Å². The normalized spacial score (nSPS) is 17.1. The van der Waals surface area contributed by atoms with Crippen LogP contribution in [0.15, 0.2) is 42.5 Å². The Morgan fingerprint density at radius 1 is 1.18 bits per heavy atom. The monoisotopic (exact) mass is 299 g/mol. The summed E-state index contributed by atoms with van der Waals surface area (Å²) in [5.74, 6) is 0.844. The summed E-state index contributed by atoms with van der Waals surface area (Å²) in [5, 5.41) is 3.63. The quantitative estimate of drug-likeness (QED) is 0.912. The lowest BCUT2D eigenvalue weighted by molar-refractivity contribution is 0.397. The summed E-state index contributed by atoms with van der Waals surface area (Å²) < 4.78 is 18.3. The van der Waals surface area contributed by atoms with Gasteiger partial charge in [-0.2, -0.15) is 0 Å². The number of halogens is 1. The predicted octanol–water partition coefficient (Wildman–Crippen LogP) is 3.52. The first-order valence-corrected chi connectivity index (χ1v) is 7.89. The third-order valence-corrected chi connectivity index (χ3v) is 4.42. The van der Waals surface area contributed by atoms with Gasteiger partial charge in [0.2, 0.25) is 0 Å². The second-order valence-electron chi connectivity index (χ2n) is 5.87. The van der Waals surface area contributed by atoms with Gasteiger partial charge in [0.15, 0.2) is 0 Å². The van der Waals surface area contributed by atoms with Gasteiger partial charge in [0.1, 0.15) is 11.6 Å². The Hall–Kier alpha value is -1.87. The van der Waals surface area contributed by atoms with Gasteiger partial charge >= 0.3 is 0 Å². The highest BCUT2D eigenvalue weighted by molar-refractivity contribution is 5.42. The van der Waals surface area contributed by atoms with E-state index in [0.717, 1.165) is 38.0 Å². The largest absolute Gasteiger partial charge is 0.496 e. The summed E-state index contributed by atoms with van der Waals surface area (Å²) >= 11 is 0. The van der Waals surface area contributed by atoms with E-state index in [2.05, 4.69) is 17.4 Å². The molecule has 0 aromatic heterocycles. The lowest BCUT2D eigenvalue weighted by Gasteiger charge is -2.26. The van der Waals surface area contributed by atoms with Crippen LogP contribution in [0.25, 0.3) is 0 Å². The molecule has 2 nitrogen and oxygen atoms in total. The molecule has 0 radical (unpaired) electrons. The predicted molar refractivity (Wildman–Crippen MR) is 86.9 cm³/mol. The van der Waals surface area contributed by atoms with Crippen LogP contribution >= 0.6 is 0 Å². The van der Waals surface area contributed by atoms with E-state index in [1.165, 1.54) is 28.8 Å². The Morgan fingerprint density at radius 2 is 2.00 bits per heavy atom. The van der Waals surface area contributed by atoms with Crippen LogP contribution in [0, 0.1) is 5.82 Å². The van der Waals surface area contributed by atoms with Crippen molar-refractivity contribution in [3.05, 3.63) is 65.0 Å². The van der Waals surface area contributed by atoms with E-state index in [9.17, 15) is 4.39 Å². The molecular weight excluding hydrogens is 277 g/mol. The molecule has 1 aliphatic carbocycles. The second-order valence-corrected chi connectivity index (χ2v) is 5.87. The van der Waals surface area contributed by atoms with Crippen molar-refractivity contribution in [1.29, 1.82) is 0 Å². The molecule has 0 saturated heterocycles. The fourth-order valence-corrected chi connectivity index (χ4v) is 3.21. The Labute approximate surface area is 131 Å². The molecule has 22 heavy (non-hydrogen) atoms. The summed E-state index contributed by atoms with van der Waals surface area (Å²) in [6.45, 7) is 0.926. The molecule has 3 heteroatoms. The van der Waals surface area contributed by atoms with Gasteiger partial charge in [-0.3, -0.25) is 0 Å². The van der Waals surface area contributed by atoms with Gasteiger partial charge in [-0.1, -0.05) is 24.3 Å². The maximum absolute atomic E-state index is 12.9. The SMILES string of the molecule is COc1cccc2c1CCC(NCCc1ccc(F)cc1)C2. The molecule has 1 atom stereocenters. The molecule has 0 saturated carbocycles. The van der Waals surface area contributed by atoms with Gasteiger partial charge in [-0.05, 0) is 67.1 Å². The van der Waals surface area contributed by atoms with Crippen molar-refractivity contribution in [3.63, 3.8) is 0 Å². The molecule has 1 unspecified atom stereocenters. The standard InChI is InChI=1S/C19H22FNO/c1-22-19-4-2-3-15-13-17(9-10-18(15)19)21-12-11-14-5-7-16(20)8-6-14/h2-8,17,21H,9-13H2,1H3. The smallest absolute Gasteiger partial charge is 0.123 e. The van der Waals surface area contributed by atoms with E-state index < -0.39 is 0 Å². The molecular formula is C19H22FNO. The molecule has 3 rings (SSSR count). The average Bonchev–Trinajstić information content (AvgIpc) is 2.56. The number of nitrogens with one attached hydrogen (secondary N) is 1. The lowest BCUT2D eigenvalue weighted by atomic mass is 9.87. The molecule has 0 amide bonds. The highest BCUT2D eigenvalue weighted by Gasteiger charge is 2.20. The van der Waals surface area contributed by atoms with Crippen molar-refractivity contribution >= 4 is 0 Å². The number of hydrogen-bond acceptors (Lipinski definition) is 2. The van der Waals surface area contributed by atoms with Gasteiger partial charge < -0.3 is 10.1 Å². The highest BCUT2D eigenvalue weighted by atomic mass is 19.1. The number of hydrogen-bond donors (Lipinski definition) is 1. The van der Waals surface area contributed by atoms with E-state index in [-0.39, 0.29) is 5.82 Å². The molecule has 1 aliphatic rings. The molecule has 2 aromatic rings. The fourth-order valence-electron chi connectivity index (χ4n) is 3.21. The summed E-state index contributed by atoms with van der Waals surface area (Å²) in [4.78, 5) is 0. The van der Waals surface area contributed by atoms with Gasteiger partial charge in [0, 0.05) is 6.04 Å². The molecule has 0 aliphatic heterocycles. The minimum absolute atomic E-state index is 0.172. The third-order valence-electron chi connectivity index (χ3n) is 4.42. The Kier molecular flexibility index (Phi) is 4.74. The maximum Gasteiger partial charge on any atom is 0.123 e. The highest BCUT2D eigenvalue weighted by Crippen LogP contribution is 2.29. The molecule has 2 aromatic carbocycles. The van der Waals surface area contributed by atoms with Crippen molar-refractivity contribution in [2.24, 2.45) is 0 Å². The van der Waals surface area contributed by atoms with Gasteiger partial charge in [0.25, 0.3) is 0 Å². The zero-order valence-corrected chi connectivity index (χ0v) is 12.9. The molecule has 0 bridgehead atoms. The lowest BCUT2D eigenvalue weighted by Crippen LogP contribution is -2.35. The van der Waals surface area contributed by atoms with Crippen LogP contribution in [0.2, 0.25) is 0 Å². The van der Waals surface area contributed by atoms with Crippen LogP contribution in [0.4, 0.5) is 4.39 Å². The number of rotatable bonds is 5. The topological polar surface area (TPSA) is 21.3 Å². The number of fused-ring (bicyclic) bond motifs is 1. The van der Waals surface area contributed by atoms with Crippen LogP contribution in [-0.4, -0.2) is 19.7 Å². The zero-order chi connectivity index (χ0) is 15.4. The van der Waals surface area contributed by atoms with Crippen LogP contribution < -0.4 is 10.1 Å². The third kappa shape index (κ3) is 3.47. The van der Waals surface area contributed by atoms with Crippen molar-refractivity contribution in [2.45, 2.75) is 31.7 Å². The minimum atomic E-state index is -0.172. The van der Waals surface area contributed by atoms with Gasteiger partial charge in [-0.25, -0.2) is 4.39 Å². The first kappa shape index (κ1) is 15.0. The summed E-state index contributed by atoms with van der Waals surface area (Å²) in [6.07, 6.45) is 4.18. The van der Waals surface area contributed by atoms with Crippen LogP contribution in [0.3, 0.4) is 0 Å². The van der Waals surface area contributed by atoms with Crippen molar-refractivity contribution in [3.8, 4) is 5.75 Å². The molecule has 0 spiro atoms. The zero-order valence-electron chi connectivity index (χ0n) is 12.9. The molecule has 0 heterocycles. The summed E-state index contributed by atoms with van der Waals surface area (Å²) in [6, 6.07) is 13.6. The Morgan fingerprint density at radius 3 is 2.77 bits per heavy atom. The summed E-state index contributed by atoms with van der Waals surface area (Å²) in [5.41, 5.74) is 3.93. The summed E-state index contributed by atoms with van der Waals surface area (Å²) in [7, 11) is 1.74. The van der Waals surface area contributed by atoms with Gasteiger partial charge in [-0.15, -0.1) is 0 Å². The van der Waals surface area contributed by atoms with Crippen molar-refractivity contribution in [2.75, 3.05) is 13.7 Å². The Bertz CT molecular complexity index is 624. The van der Waals surface area contributed by atoms with E-state index in [1.807, 2.05) is 18.2 Å². The second kappa shape index (κ2) is 6.93. The van der Waals surface area contributed by atoms with E-state index in [4.69, 9.17) is 4.74 Å². The van der Waals surface area contributed by atoms with Crippen molar-refractivity contribution < 1.29 is 9.13 Å². The first-order chi connectivity index (χ1) is 10.8.